The van der Waals surface area contributed by atoms with Crippen LogP contribution < -0.4 is 10.1 Å². The van der Waals surface area contributed by atoms with Gasteiger partial charge in [-0.05, 0) is 47.7 Å². The predicted octanol–water partition coefficient (Wildman–Crippen LogP) is 2.80. The van der Waals surface area contributed by atoms with Crippen molar-refractivity contribution in [3.05, 3.63) is 59.9 Å². The van der Waals surface area contributed by atoms with Gasteiger partial charge in [-0.1, -0.05) is 19.1 Å². The largest absolute Gasteiger partial charge is 0.489 e. The number of hydrogen-bond donors (Lipinski definition) is 1. The first-order chi connectivity index (χ1) is 12.1. The lowest BCUT2D eigenvalue weighted by Gasteiger charge is -2.10. The van der Waals surface area contributed by atoms with E-state index >= 15 is 0 Å². The number of nitrogens with zero attached hydrogens (tertiary/aromatic N) is 4. The first-order valence-electron chi connectivity index (χ1n) is 8.08. The van der Waals surface area contributed by atoms with Gasteiger partial charge < -0.3 is 10.1 Å². The molecular formula is C18H17N5O2. The average molecular weight is 335 g/mol. The van der Waals surface area contributed by atoms with Gasteiger partial charge in [-0.3, -0.25) is 4.79 Å². The summed E-state index contributed by atoms with van der Waals surface area (Å²) in [6, 6.07) is 13.0. The molecule has 0 unspecified atom stereocenters. The monoisotopic (exact) mass is 335 g/mol. The highest BCUT2D eigenvalue weighted by Crippen LogP contribution is 2.40. The van der Waals surface area contributed by atoms with Crippen LogP contribution in [-0.4, -0.2) is 32.2 Å². The fourth-order valence-electron chi connectivity index (χ4n) is 2.94. The molecule has 1 N–H and O–H groups in total. The highest BCUT2D eigenvalue weighted by atomic mass is 16.5. The Morgan fingerprint density at radius 1 is 1.16 bits per heavy atom. The molecule has 2 aromatic carbocycles. The van der Waals surface area contributed by atoms with Crippen LogP contribution >= 0.6 is 0 Å². The van der Waals surface area contributed by atoms with Gasteiger partial charge in [-0.25, -0.2) is 4.68 Å². The van der Waals surface area contributed by atoms with Gasteiger partial charge in [0.05, 0.1) is 11.3 Å². The fourth-order valence-corrected chi connectivity index (χ4v) is 2.94. The number of carbonyl (C=O) groups is 1. The minimum Gasteiger partial charge on any atom is -0.489 e. The van der Waals surface area contributed by atoms with Gasteiger partial charge in [0.2, 0.25) is 0 Å². The predicted molar refractivity (Wildman–Crippen MR) is 92.1 cm³/mol. The van der Waals surface area contributed by atoms with Gasteiger partial charge in [0.25, 0.3) is 5.91 Å². The van der Waals surface area contributed by atoms with Crippen molar-refractivity contribution in [3.8, 4) is 11.4 Å². The summed E-state index contributed by atoms with van der Waals surface area (Å²) in [7, 11) is 0. The molecule has 0 bridgehead atoms. The number of fused-ring (bicyclic) bond motifs is 1. The Labute approximate surface area is 144 Å². The van der Waals surface area contributed by atoms with Crippen LogP contribution in [0.4, 0.5) is 5.69 Å². The van der Waals surface area contributed by atoms with E-state index in [9.17, 15) is 4.79 Å². The molecule has 4 rings (SSSR count). The molecule has 7 nitrogen and oxygen atoms in total. The van der Waals surface area contributed by atoms with Crippen molar-refractivity contribution in [1.29, 1.82) is 0 Å². The van der Waals surface area contributed by atoms with Crippen LogP contribution in [0.5, 0.6) is 5.75 Å². The highest BCUT2D eigenvalue weighted by molar-refractivity contribution is 6.06. The SMILES string of the molecule is C[C@@H]1Oc2c(C(=O)Nc3ccc(-n4cnnn4)cc3)cccc2[C@@H]1C. The second kappa shape index (κ2) is 6.01. The van der Waals surface area contributed by atoms with E-state index in [1.807, 2.05) is 43.3 Å². The summed E-state index contributed by atoms with van der Waals surface area (Å²) in [5.74, 6) is 0.775. The molecule has 2 heterocycles. The van der Waals surface area contributed by atoms with Crippen molar-refractivity contribution in [2.75, 3.05) is 5.32 Å². The fraction of sp³-hybridized carbons (Fsp3) is 0.222. The second-order valence-electron chi connectivity index (χ2n) is 6.09. The van der Waals surface area contributed by atoms with Crippen molar-refractivity contribution in [3.63, 3.8) is 0 Å². The number of aromatic nitrogens is 4. The van der Waals surface area contributed by atoms with Crippen molar-refractivity contribution >= 4 is 11.6 Å². The van der Waals surface area contributed by atoms with Gasteiger partial charge in [-0.15, -0.1) is 5.10 Å². The van der Waals surface area contributed by atoms with E-state index in [0.29, 0.717) is 17.0 Å². The number of rotatable bonds is 3. The van der Waals surface area contributed by atoms with Crippen molar-refractivity contribution < 1.29 is 9.53 Å². The summed E-state index contributed by atoms with van der Waals surface area (Å²) in [6.07, 6.45) is 1.58. The Bertz CT molecular complexity index is 906. The van der Waals surface area contributed by atoms with Crippen LogP contribution in [0.1, 0.15) is 35.7 Å². The number of hydrogen-bond acceptors (Lipinski definition) is 5. The molecule has 1 aromatic heterocycles. The van der Waals surface area contributed by atoms with Crippen LogP contribution in [-0.2, 0) is 0 Å². The zero-order valence-corrected chi connectivity index (χ0v) is 13.9. The van der Waals surface area contributed by atoms with E-state index in [1.165, 1.54) is 6.33 Å². The summed E-state index contributed by atoms with van der Waals surface area (Å²) in [6.45, 7) is 4.12. The number of nitrogens with one attached hydrogen (secondary N) is 1. The van der Waals surface area contributed by atoms with Crippen LogP contribution in [0.15, 0.2) is 48.8 Å². The van der Waals surface area contributed by atoms with Gasteiger partial charge >= 0.3 is 0 Å². The quantitative estimate of drug-likeness (QED) is 0.796. The number of para-hydroxylation sites is 1. The molecule has 3 aromatic rings. The van der Waals surface area contributed by atoms with Crippen LogP contribution in [0.2, 0.25) is 0 Å². The lowest BCUT2D eigenvalue weighted by atomic mass is 9.97. The maximum absolute atomic E-state index is 12.7. The lowest BCUT2D eigenvalue weighted by molar-refractivity contribution is 0.102. The molecule has 126 valence electrons. The van der Waals surface area contributed by atoms with Gasteiger partial charge in [0.15, 0.2) is 0 Å². The van der Waals surface area contributed by atoms with Crippen molar-refractivity contribution in [2.45, 2.75) is 25.9 Å². The lowest BCUT2D eigenvalue weighted by Crippen LogP contribution is -2.14. The van der Waals surface area contributed by atoms with Crippen molar-refractivity contribution in [2.24, 2.45) is 0 Å². The average Bonchev–Trinajstić information content (AvgIpc) is 3.25. The maximum atomic E-state index is 12.7. The summed E-state index contributed by atoms with van der Waals surface area (Å²) >= 11 is 0. The Kier molecular flexibility index (Phi) is 3.68. The topological polar surface area (TPSA) is 81.9 Å². The third-order valence-electron chi connectivity index (χ3n) is 4.53. The highest BCUT2D eigenvalue weighted by Gasteiger charge is 2.31. The van der Waals surface area contributed by atoms with E-state index in [0.717, 1.165) is 11.3 Å². The van der Waals surface area contributed by atoms with E-state index < -0.39 is 0 Å². The van der Waals surface area contributed by atoms with Gasteiger partial charge in [-0.2, -0.15) is 0 Å². The van der Waals surface area contributed by atoms with Crippen LogP contribution in [0.25, 0.3) is 5.69 Å². The molecular weight excluding hydrogens is 318 g/mol. The van der Waals surface area contributed by atoms with Gasteiger partial charge in [0.1, 0.15) is 18.2 Å². The molecule has 0 saturated heterocycles. The number of benzene rings is 2. The van der Waals surface area contributed by atoms with Crippen molar-refractivity contribution in [1.82, 2.24) is 20.2 Å². The summed E-state index contributed by atoms with van der Waals surface area (Å²) in [5, 5.41) is 13.9. The van der Waals surface area contributed by atoms with Crippen LogP contribution in [0.3, 0.4) is 0 Å². The third kappa shape index (κ3) is 2.73. The Morgan fingerprint density at radius 3 is 2.68 bits per heavy atom. The number of anilines is 1. The normalized spacial score (nSPS) is 18.5. The summed E-state index contributed by atoms with van der Waals surface area (Å²) < 4.78 is 7.44. The Balaban J connectivity index is 1.55. The maximum Gasteiger partial charge on any atom is 0.259 e. The number of tetrazole rings is 1. The summed E-state index contributed by atoms with van der Waals surface area (Å²) in [5.41, 5.74) is 3.14. The smallest absolute Gasteiger partial charge is 0.259 e. The molecule has 1 aliphatic rings. The number of amides is 1. The molecule has 0 saturated carbocycles. The Morgan fingerprint density at radius 2 is 1.96 bits per heavy atom. The molecule has 0 radical (unpaired) electrons. The molecule has 1 aliphatic heterocycles. The number of ether oxygens (including phenoxy) is 1. The third-order valence-corrected chi connectivity index (χ3v) is 4.53. The second-order valence-corrected chi connectivity index (χ2v) is 6.09. The minimum absolute atomic E-state index is 0.0690. The molecule has 25 heavy (non-hydrogen) atoms. The first kappa shape index (κ1) is 15.3. The molecule has 1 amide bonds. The molecule has 0 fully saturated rings. The molecule has 7 heteroatoms. The standard InChI is InChI=1S/C18H17N5O2/c1-11-12(2)25-17-15(11)4-3-5-16(17)18(24)20-13-6-8-14(9-7-13)23-10-19-21-22-23/h3-12H,1-2H3,(H,20,24)/t11-,12+/m1/s1. The van der Waals surface area contributed by atoms with Gasteiger partial charge in [0, 0.05) is 17.2 Å². The van der Waals surface area contributed by atoms with Crippen LogP contribution in [0, 0.1) is 0 Å². The first-order valence-corrected chi connectivity index (χ1v) is 8.08. The molecule has 2 atom stereocenters. The number of carbonyl (C=O) groups excluding carboxylic acids is 1. The van der Waals surface area contributed by atoms with E-state index in [4.69, 9.17) is 4.74 Å². The van der Waals surface area contributed by atoms with E-state index in [2.05, 4.69) is 27.8 Å². The zero-order valence-electron chi connectivity index (χ0n) is 13.9. The van der Waals surface area contributed by atoms with E-state index in [1.54, 1.807) is 10.7 Å². The molecule has 0 spiro atoms. The zero-order chi connectivity index (χ0) is 17.4. The molecule has 0 aliphatic carbocycles. The minimum atomic E-state index is -0.187. The van der Waals surface area contributed by atoms with E-state index in [-0.39, 0.29) is 17.9 Å². The summed E-state index contributed by atoms with van der Waals surface area (Å²) in [4.78, 5) is 12.7. The Hall–Kier alpha value is -3.22.